The third-order valence-corrected chi connectivity index (χ3v) is 5.80. The Morgan fingerprint density at radius 3 is 2.63 bits per heavy atom. The molecule has 3 amide bonds. The Kier molecular flexibility index (Phi) is 8.26. The highest BCUT2D eigenvalue weighted by Crippen LogP contribution is 2.35. The average molecular weight is 509 g/mol. The molecule has 1 aliphatic heterocycles. The minimum Gasteiger partial charge on any atom is -0.486 e. The summed E-state index contributed by atoms with van der Waals surface area (Å²) in [5, 5.41) is 5.48. The predicted molar refractivity (Wildman–Crippen MR) is 125 cm³/mol. The minimum atomic E-state index is -2.99. The Hall–Kier alpha value is -3.27. The molecule has 0 spiro atoms. The monoisotopic (exact) mass is 508 g/mol. The maximum atomic E-state index is 13.1. The fraction of sp³-hybridized carbons (Fsp3) is 0.417. The van der Waals surface area contributed by atoms with Gasteiger partial charge in [0.1, 0.15) is 5.75 Å². The molecule has 35 heavy (non-hydrogen) atoms. The number of nitrogens with zero attached hydrogens (tertiary/aromatic N) is 2. The molecule has 1 aromatic heterocycles. The lowest BCUT2D eigenvalue weighted by atomic mass is 10.1. The summed E-state index contributed by atoms with van der Waals surface area (Å²) in [7, 11) is 0. The smallest absolute Gasteiger partial charge is 0.278 e. The third kappa shape index (κ3) is 6.88. The molecule has 188 valence electrons. The molecule has 1 aromatic carbocycles. The van der Waals surface area contributed by atoms with Crippen molar-refractivity contribution in [2.75, 3.05) is 19.7 Å². The maximum Gasteiger partial charge on any atom is 0.278 e. The van der Waals surface area contributed by atoms with E-state index in [9.17, 15) is 23.2 Å². The zero-order valence-electron chi connectivity index (χ0n) is 19.7. The molecule has 0 aliphatic carbocycles. The number of benzene rings is 1. The topological polar surface area (TPSA) is 101 Å². The molecule has 0 fully saturated rings. The van der Waals surface area contributed by atoms with E-state index in [1.165, 1.54) is 19.2 Å². The molecule has 2 heterocycles. The van der Waals surface area contributed by atoms with Crippen LogP contribution < -0.4 is 15.4 Å². The molecule has 1 aliphatic rings. The Morgan fingerprint density at radius 2 is 1.97 bits per heavy atom. The molecule has 3 rings (SSSR count). The van der Waals surface area contributed by atoms with Crippen molar-refractivity contribution in [2.45, 2.75) is 45.7 Å². The molecule has 11 heteroatoms. The van der Waals surface area contributed by atoms with Crippen molar-refractivity contribution in [3.8, 4) is 5.75 Å². The molecule has 0 bridgehead atoms. The van der Waals surface area contributed by atoms with Gasteiger partial charge < -0.3 is 20.3 Å². The summed E-state index contributed by atoms with van der Waals surface area (Å²) >= 11 is 6.24. The van der Waals surface area contributed by atoms with E-state index >= 15 is 0 Å². The first-order valence-electron chi connectivity index (χ1n) is 11.0. The molecular formula is C24H27ClF2N4O4. The van der Waals surface area contributed by atoms with Crippen molar-refractivity contribution in [1.82, 2.24) is 20.5 Å². The van der Waals surface area contributed by atoms with Crippen LogP contribution in [-0.2, 0) is 22.6 Å². The number of hydrogen-bond acceptors (Lipinski definition) is 5. The van der Waals surface area contributed by atoms with E-state index in [4.69, 9.17) is 16.3 Å². The van der Waals surface area contributed by atoms with Gasteiger partial charge in [-0.2, -0.15) is 0 Å². The summed E-state index contributed by atoms with van der Waals surface area (Å²) in [5.41, 5.74) is 2.36. The Bertz CT molecular complexity index is 1120. The van der Waals surface area contributed by atoms with E-state index in [1.54, 1.807) is 23.1 Å². The van der Waals surface area contributed by atoms with Gasteiger partial charge in [0.25, 0.3) is 11.8 Å². The highest BCUT2D eigenvalue weighted by atomic mass is 35.5. The minimum absolute atomic E-state index is 0.00132. The summed E-state index contributed by atoms with van der Waals surface area (Å²) in [6, 6.07) is 6.02. The lowest BCUT2D eigenvalue weighted by molar-refractivity contribution is -0.121. The van der Waals surface area contributed by atoms with Gasteiger partial charge >= 0.3 is 0 Å². The second-order valence-corrected chi connectivity index (χ2v) is 8.86. The van der Waals surface area contributed by atoms with E-state index in [0.717, 1.165) is 6.92 Å². The lowest BCUT2D eigenvalue weighted by Gasteiger charge is -2.25. The van der Waals surface area contributed by atoms with Crippen LogP contribution in [0, 0.1) is 0 Å². The van der Waals surface area contributed by atoms with Gasteiger partial charge in [0.05, 0.1) is 23.2 Å². The summed E-state index contributed by atoms with van der Waals surface area (Å²) in [5.74, 6) is -3.51. The molecule has 2 N–H and O–H groups in total. The quantitative estimate of drug-likeness (QED) is 0.480. The number of ether oxygens (including phenoxy) is 1. The van der Waals surface area contributed by atoms with Gasteiger partial charge in [-0.1, -0.05) is 17.7 Å². The van der Waals surface area contributed by atoms with E-state index in [0.29, 0.717) is 28.9 Å². The van der Waals surface area contributed by atoms with Crippen molar-refractivity contribution < 1.29 is 27.9 Å². The molecule has 1 unspecified atom stereocenters. The lowest BCUT2D eigenvalue weighted by Crippen LogP contribution is -2.34. The van der Waals surface area contributed by atoms with E-state index in [2.05, 4.69) is 15.6 Å². The number of rotatable bonds is 10. The normalized spacial score (nSPS) is 13.9. The van der Waals surface area contributed by atoms with Crippen LogP contribution in [0.4, 0.5) is 8.78 Å². The number of amides is 3. The van der Waals surface area contributed by atoms with Gasteiger partial charge in [-0.15, -0.1) is 0 Å². The summed E-state index contributed by atoms with van der Waals surface area (Å²) in [6.45, 7) is 4.05. The van der Waals surface area contributed by atoms with Crippen molar-refractivity contribution in [2.24, 2.45) is 0 Å². The summed E-state index contributed by atoms with van der Waals surface area (Å²) in [6.07, 6.45) is 1.50. The van der Waals surface area contributed by atoms with Gasteiger partial charge in [0, 0.05) is 50.8 Å². The first kappa shape index (κ1) is 26.3. The number of halogens is 3. The molecule has 0 radical (unpaired) electrons. The SMILES string of the molecule is CC(=O)NCCNC(=O)Cc1nccc2c1CN(C(C)c1ccc(OCC(C)(F)F)c(Cl)c1)C2=O. The van der Waals surface area contributed by atoms with Crippen LogP contribution in [0.1, 0.15) is 54.0 Å². The Morgan fingerprint density at radius 1 is 1.26 bits per heavy atom. The van der Waals surface area contributed by atoms with Crippen LogP contribution in [0.2, 0.25) is 5.02 Å². The van der Waals surface area contributed by atoms with Crippen molar-refractivity contribution in [3.05, 3.63) is 57.9 Å². The number of fused-ring (bicyclic) bond motifs is 1. The number of aromatic nitrogens is 1. The number of carbonyl (C=O) groups excluding carboxylic acids is 3. The molecule has 0 saturated heterocycles. The first-order chi connectivity index (χ1) is 16.5. The fourth-order valence-electron chi connectivity index (χ4n) is 3.71. The van der Waals surface area contributed by atoms with Gasteiger partial charge in [-0.25, -0.2) is 8.78 Å². The van der Waals surface area contributed by atoms with E-state index in [-0.39, 0.29) is 54.0 Å². The van der Waals surface area contributed by atoms with Crippen molar-refractivity contribution in [1.29, 1.82) is 0 Å². The van der Waals surface area contributed by atoms with Gasteiger partial charge in [0.2, 0.25) is 11.8 Å². The van der Waals surface area contributed by atoms with Crippen molar-refractivity contribution >= 4 is 29.3 Å². The molecular weight excluding hydrogens is 482 g/mol. The summed E-state index contributed by atoms with van der Waals surface area (Å²) in [4.78, 5) is 42.3. The zero-order valence-corrected chi connectivity index (χ0v) is 20.4. The summed E-state index contributed by atoms with van der Waals surface area (Å²) < 4.78 is 31.3. The molecule has 8 nitrogen and oxygen atoms in total. The van der Waals surface area contributed by atoms with Crippen LogP contribution >= 0.6 is 11.6 Å². The fourth-order valence-corrected chi connectivity index (χ4v) is 3.95. The van der Waals surface area contributed by atoms with E-state index < -0.39 is 12.5 Å². The highest BCUT2D eigenvalue weighted by Gasteiger charge is 2.34. The molecule has 0 saturated carbocycles. The van der Waals surface area contributed by atoms with Crippen molar-refractivity contribution in [3.63, 3.8) is 0 Å². The second kappa shape index (κ2) is 11.0. The maximum absolute atomic E-state index is 13.1. The average Bonchev–Trinajstić information content (AvgIpc) is 3.12. The van der Waals surface area contributed by atoms with Crippen LogP contribution in [-0.4, -0.2) is 53.2 Å². The largest absolute Gasteiger partial charge is 0.486 e. The second-order valence-electron chi connectivity index (χ2n) is 8.45. The Labute approximate surface area is 207 Å². The van der Waals surface area contributed by atoms with Gasteiger partial charge in [-0.05, 0) is 30.7 Å². The van der Waals surface area contributed by atoms with Crippen LogP contribution in [0.15, 0.2) is 30.5 Å². The number of pyridine rings is 1. The first-order valence-corrected chi connectivity index (χ1v) is 11.4. The predicted octanol–water partition coefficient (Wildman–Crippen LogP) is 3.28. The standard InChI is InChI=1S/C24H27ClF2N4O4/c1-14(16-4-5-21(19(25)10-16)35-13-24(3,26)27)31-12-18-17(23(31)34)6-7-29-20(18)11-22(33)30-9-8-28-15(2)32/h4-7,10,14H,8-9,11-13H2,1-3H3,(H,28,32)(H,30,33). The van der Waals surface area contributed by atoms with Gasteiger partial charge in [0.15, 0.2) is 6.61 Å². The third-order valence-electron chi connectivity index (χ3n) is 5.50. The number of carbonyl (C=O) groups is 3. The van der Waals surface area contributed by atoms with E-state index in [1.807, 2.05) is 6.92 Å². The van der Waals surface area contributed by atoms with Crippen LogP contribution in [0.3, 0.4) is 0 Å². The number of nitrogens with one attached hydrogen (secondary N) is 2. The van der Waals surface area contributed by atoms with Crippen LogP contribution in [0.5, 0.6) is 5.75 Å². The molecule has 2 aromatic rings. The Balaban J connectivity index is 1.68. The van der Waals surface area contributed by atoms with Crippen LogP contribution in [0.25, 0.3) is 0 Å². The molecule has 1 atom stereocenters. The number of alkyl halides is 2. The number of hydrogen-bond donors (Lipinski definition) is 2. The zero-order chi connectivity index (χ0) is 25.8. The highest BCUT2D eigenvalue weighted by molar-refractivity contribution is 6.32. The van der Waals surface area contributed by atoms with Gasteiger partial charge in [-0.3, -0.25) is 19.4 Å².